The summed E-state index contributed by atoms with van der Waals surface area (Å²) in [6.07, 6.45) is -2.42. The molecule has 2 aromatic rings. The molecule has 0 saturated heterocycles. The standard InChI is InChI=1S/C17H16F3NO/c1-3-14(4-2)21-15(12-8-6-5-7-9-12)10-13(11-16(21)22)17(18,19)20/h3,5-11,14H,1,4H2,2H3. The Bertz CT molecular complexity index is 717. The maximum Gasteiger partial charge on any atom is 0.416 e. The van der Waals surface area contributed by atoms with Crippen molar-refractivity contribution < 1.29 is 13.2 Å². The number of rotatable bonds is 4. The van der Waals surface area contributed by atoms with Crippen LogP contribution in [0.25, 0.3) is 11.3 Å². The second kappa shape index (κ2) is 6.22. The van der Waals surface area contributed by atoms with Crippen LogP contribution in [0.3, 0.4) is 0 Å². The third-order valence-electron chi connectivity index (χ3n) is 3.49. The van der Waals surface area contributed by atoms with Gasteiger partial charge in [0.25, 0.3) is 5.56 Å². The summed E-state index contributed by atoms with van der Waals surface area (Å²) in [5.74, 6) is 0. The zero-order chi connectivity index (χ0) is 16.3. The van der Waals surface area contributed by atoms with Crippen LogP contribution in [0.2, 0.25) is 0 Å². The lowest BCUT2D eigenvalue weighted by atomic mass is 10.1. The molecule has 1 atom stereocenters. The van der Waals surface area contributed by atoms with Crippen molar-refractivity contribution in [2.45, 2.75) is 25.6 Å². The van der Waals surface area contributed by atoms with Crippen LogP contribution in [0.1, 0.15) is 24.9 Å². The van der Waals surface area contributed by atoms with Crippen molar-refractivity contribution in [2.24, 2.45) is 0 Å². The fourth-order valence-electron chi connectivity index (χ4n) is 2.37. The Morgan fingerprint density at radius 2 is 1.86 bits per heavy atom. The Morgan fingerprint density at radius 1 is 1.23 bits per heavy atom. The summed E-state index contributed by atoms with van der Waals surface area (Å²) in [6.45, 7) is 5.53. The number of hydrogen-bond acceptors (Lipinski definition) is 1. The molecule has 0 bridgehead atoms. The minimum Gasteiger partial charge on any atom is -0.301 e. The van der Waals surface area contributed by atoms with Crippen molar-refractivity contribution in [1.29, 1.82) is 0 Å². The van der Waals surface area contributed by atoms with E-state index in [1.54, 1.807) is 36.4 Å². The van der Waals surface area contributed by atoms with Crippen LogP contribution in [0.15, 0.2) is 59.9 Å². The summed E-state index contributed by atoms with van der Waals surface area (Å²) in [5.41, 5.74) is -0.815. The molecule has 1 aromatic heterocycles. The van der Waals surface area contributed by atoms with E-state index in [1.165, 1.54) is 4.57 Å². The maximum absolute atomic E-state index is 13.0. The molecule has 2 rings (SSSR count). The molecule has 0 amide bonds. The van der Waals surface area contributed by atoms with Gasteiger partial charge in [0.05, 0.1) is 17.3 Å². The summed E-state index contributed by atoms with van der Waals surface area (Å²) in [7, 11) is 0. The molecule has 0 spiro atoms. The van der Waals surface area contributed by atoms with Gasteiger partial charge in [0.1, 0.15) is 0 Å². The first-order valence-electron chi connectivity index (χ1n) is 6.90. The highest BCUT2D eigenvalue weighted by Gasteiger charge is 2.32. The van der Waals surface area contributed by atoms with E-state index < -0.39 is 17.3 Å². The molecule has 0 saturated carbocycles. The molecule has 0 fully saturated rings. The minimum absolute atomic E-state index is 0.243. The van der Waals surface area contributed by atoms with Crippen LogP contribution in [0.5, 0.6) is 0 Å². The number of allylic oxidation sites excluding steroid dienone is 1. The van der Waals surface area contributed by atoms with Gasteiger partial charge in [-0.1, -0.05) is 43.3 Å². The van der Waals surface area contributed by atoms with Crippen LogP contribution in [0, 0.1) is 0 Å². The van der Waals surface area contributed by atoms with E-state index in [-0.39, 0.29) is 11.7 Å². The zero-order valence-corrected chi connectivity index (χ0v) is 12.1. The lowest BCUT2D eigenvalue weighted by molar-refractivity contribution is -0.137. The molecule has 0 aliphatic rings. The van der Waals surface area contributed by atoms with Crippen LogP contribution >= 0.6 is 0 Å². The average molecular weight is 307 g/mol. The van der Waals surface area contributed by atoms with E-state index >= 15 is 0 Å². The molecule has 0 aliphatic carbocycles. The second-order valence-electron chi connectivity index (χ2n) is 4.91. The van der Waals surface area contributed by atoms with Crippen LogP contribution in [-0.4, -0.2) is 4.57 Å². The third-order valence-corrected chi connectivity index (χ3v) is 3.49. The molecule has 0 radical (unpaired) electrons. The normalized spacial score (nSPS) is 12.9. The number of benzene rings is 1. The third kappa shape index (κ3) is 3.13. The molecule has 1 aromatic carbocycles. The van der Waals surface area contributed by atoms with Gasteiger partial charge in [-0.3, -0.25) is 4.79 Å². The van der Waals surface area contributed by atoms with Gasteiger partial charge in [-0.25, -0.2) is 0 Å². The molecule has 5 heteroatoms. The fourth-order valence-corrected chi connectivity index (χ4v) is 2.37. The van der Waals surface area contributed by atoms with Gasteiger partial charge in [-0.15, -0.1) is 6.58 Å². The van der Waals surface area contributed by atoms with E-state index in [0.717, 1.165) is 6.07 Å². The average Bonchev–Trinajstić information content (AvgIpc) is 2.49. The van der Waals surface area contributed by atoms with E-state index in [0.29, 0.717) is 18.1 Å². The Labute approximate surface area is 126 Å². The molecule has 0 N–H and O–H groups in total. The van der Waals surface area contributed by atoms with Gasteiger partial charge < -0.3 is 4.57 Å². The lowest BCUT2D eigenvalue weighted by Crippen LogP contribution is -2.26. The molecule has 1 heterocycles. The van der Waals surface area contributed by atoms with Crippen LogP contribution < -0.4 is 5.56 Å². The van der Waals surface area contributed by atoms with Crippen molar-refractivity contribution in [1.82, 2.24) is 4.57 Å². The summed E-state index contributed by atoms with van der Waals surface area (Å²) in [4.78, 5) is 12.3. The van der Waals surface area contributed by atoms with E-state index in [9.17, 15) is 18.0 Å². The van der Waals surface area contributed by atoms with Gasteiger partial charge in [-0.05, 0) is 18.1 Å². The van der Waals surface area contributed by atoms with Gasteiger partial charge in [-0.2, -0.15) is 13.2 Å². The number of halogens is 3. The van der Waals surface area contributed by atoms with Crippen molar-refractivity contribution in [2.75, 3.05) is 0 Å². The maximum atomic E-state index is 13.0. The smallest absolute Gasteiger partial charge is 0.301 e. The number of aromatic nitrogens is 1. The predicted octanol–water partition coefficient (Wildman–Crippen LogP) is 4.67. The first-order valence-corrected chi connectivity index (χ1v) is 6.90. The fraction of sp³-hybridized carbons (Fsp3) is 0.235. The lowest BCUT2D eigenvalue weighted by Gasteiger charge is -2.21. The molecular weight excluding hydrogens is 291 g/mol. The summed E-state index contributed by atoms with van der Waals surface area (Å²) < 4.78 is 40.3. The number of hydrogen-bond donors (Lipinski definition) is 0. The number of nitrogens with zero attached hydrogens (tertiary/aromatic N) is 1. The number of pyridine rings is 1. The van der Waals surface area contributed by atoms with E-state index in [2.05, 4.69) is 6.58 Å². The first kappa shape index (κ1) is 16.1. The van der Waals surface area contributed by atoms with Gasteiger partial charge in [0, 0.05) is 6.07 Å². The number of alkyl halides is 3. The topological polar surface area (TPSA) is 22.0 Å². The van der Waals surface area contributed by atoms with Crippen molar-refractivity contribution in [3.05, 3.63) is 71.0 Å². The van der Waals surface area contributed by atoms with Crippen molar-refractivity contribution in [3.8, 4) is 11.3 Å². The Kier molecular flexibility index (Phi) is 4.54. The zero-order valence-electron chi connectivity index (χ0n) is 12.1. The highest BCUT2D eigenvalue weighted by Crippen LogP contribution is 2.32. The summed E-state index contributed by atoms with van der Waals surface area (Å²) >= 11 is 0. The highest BCUT2D eigenvalue weighted by molar-refractivity contribution is 5.61. The minimum atomic E-state index is -4.56. The predicted molar refractivity (Wildman–Crippen MR) is 80.7 cm³/mol. The highest BCUT2D eigenvalue weighted by atomic mass is 19.4. The van der Waals surface area contributed by atoms with Gasteiger partial charge in [0.15, 0.2) is 0 Å². The SMILES string of the molecule is C=CC(CC)n1c(-c2ccccc2)cc(C(F)(F)F)cc1=O. The quantitative estimate of drug-likeness (QED) is 0.752. The first-order chi connectivity index (χ1) is 10.4. The molecule has 1 unspecified atom stereocenters. The summed E-state index contributed by atoms with van der Waals surface area (Å²) in [5, 5.41) is 0. The molecule has 116 valence electrons. The Morgan fingerprint density at radius 3 is 2.36 bits per heavy atom. The van der Waals surface area contributed by atoms with E-state index in [4.69, 9.17) is 0 Å². The second-order valence-corrected chi connectivity index (χ2v) is 4.91. The van der Waals surface area contributed by atoms with Crippen LogP contribution in [-0.2, 0) is 6.18 Å². The monoisotopic (exact) mass is 307 g/mol. The Balaban J connectivity index is 2.78. The van der Waals surface area contributed by atoms with Crippen molar-refractivity contribution >= 4 is 0 Å². The van der Waals surface area contributed by atoms with Crippen molar-refractivity contribution in [3.63, 3.8) is 0 Å². The Hall–Kier alpha value is -2.30. The van der Waals surface area contributed by atoms with Crippen LogP contribution in [0.4, 0.5) is 13.2 Å². The largest absolute Gasteiger partial charge is 0.416 e. The molecule has 2 nitrogen and oxygen atoms in total. The molecular formula is C17H16F3NO. The summed E-state index contributed by atoms with van der Waals surface area (Å²) in [6, 6.07) is 9.87. The van der Waals surface area contributed by atoms with Gasteiger partial charge >= 0.3 is 6.18 Å². The molecule has 22 heavy (non-hydrogen) atoms. The molecule has 0 aliphatic heterocycles. The van der Waals surface area contributed by atoms with E-state index in [1.807, 2.05) is 6.92 Å². The van der Waals surface area contributed by atoms with Gasteiger partial charge in [0.2, 0.25) is 0 Å².